The minimum absolute atomic E-state index is 0.239. The molecule has 0 bridgehead atoms. The van der Waals surface area contributed by atoms with Gasteiger partial charge in [0.05, 0.1) is 20.8 Å². The van der Waals surface area contributed by atoms with Gasteiger partial charge in [0.1, 0.15) is 5.75 Å². The summed E-state index contributed by atoms with van der Waals surface area (Å²) in [6.45, 7) is 7.20. The first-order valence-corrected chi connectivity index (χ1v) is 6.42. The van der Waals surface area contributed by atoms with Crippen LogP contribution in [0.2, 0.25) is 0 Å². The number of carbonyl (C=O) groups excluding carboxylic acids is 1. The van der Waals surface area contributed by atoms with Crippen LogP contribution in [-0.4, -0.2) is 33.3 Å². The summed E-state index contributed by atoms with van der Waals surface area (Å²) in [6.07, 6.45) is 0.827. The van der Waals surface area contributed by atoms with Crippen LogP contribution >= 0.6 is 0 Å². The smallest absolute Gasteiger partial charge is 0.319 e. The van der Waals surface area contributed by atoms with Gasteiger partial charge in [-0.3, -0.25) is 4.79 Å². The maximum Gasteiger partial charge on any atom is 0.319 e. The standard InChI is InChI=1S/C15H23NO3/c1-10-8-11(2)13(15(19-5)12(10)3)6-7-16-9-14(17)18-4/h8,16H,6-7,9H2,1-5H3. The van der Waals surface area contributed by atoms with Gasteiger partial charge < -0.3 is 14.8 Å². The van der Waals surface area contributed by atoms with Gasteiger partial charge >= 0.3 is 5.97 Å². The number of nitrogens with one attached hydrogen (secondary N) is 1. The van der Waals surface area contributed by atoms with Crippen LogP contribution in [0, 0.1) is 20.8 Å². The van der Waals surface area contributed by atoms with Crippen LogP contribution in [0.25, 0.3) is 0 Å². The average Bonchev–Trinajstić information content (AvgIpc) is 2.39. The highest BCUT2D eigenvalue weighted by molar-refractivity contribution is 5.71. The van der Waals surface area contributed by atoms with Gasteiger partial charge in [0.25, 0.3) is 0 Å². The quantitative estimate of drug-likeness (QED) is 0.630. The summed E-state index contributed by atoms with van der Waals surface area (Å²) in [4.78, 5) is 11.0. The lowest BCUT2D eigenvalue weighted by Crippen LogP contribution is -2.26. The topological polar surface area (TPSA) is 47.6 Å². The molecule has 1 aromatic carbocycles. The molecule has 4 nitrogen and oxygen atoms in total. The Labute approximate surface area is 115 Å². The van der Waals surface area contributed by atoms with Gasteiger partial charge in [-0.2, -0.15) is 0 Å². The van der Waals surface area contributed by atoms with E-state index in [-0.39, 0.29) is 12.5 Å². The van der Waals surface area contributed by atoms with E-state index in [1.54, 1.807) is 7.11 Å². The molecule has 0 spiro atoms. The third-order valence-corrected chi connectivity index (χ3v) is 3.37. The van der Waals surface area contributed by atoms with Crippen molar-refractivity contribution in [1.82, 2.24) is 5.32 Å². The fraction of sp³-hybridized carbons (Fsp3) is 0.533. The van der Waals surface area contributed by atoms with E-state index >= 15 is 0 Å². The second-order valence-electron chi connectivity index (χ2n) is 4.65. The Morgan fingerprint density at radius 2 is 1.89 bits per heavy atom. The van der Waals surface area contributed by atoms with Crippen LogP contribution < -0.4 is 10.1 Å². The predicted octanol–water partition coefficient (Wildman–Crippen LogP) is 1.93. The van der Waals surface area contributed by atoms with Crippen molar-refractivity contribution in [3.05, 3.63) is 28.3 Å². The monoisotopic (exact) mass is 265 g/mol. The summed E-state index contributed by atoms with van der Waals surface area (Å²) in [6, 6.07) is 2.17. The molecule has 0 atom stereocenters. The molecule has 0 radical (unpaired) electrons. The van der Waals surface area contributed by atoms with Crippen molar-refractivity contribution in [2.45, 2.75) is 27.2 Å². The molecule has 0 saturated carbocycles. The Balaban J connectivity index is 2.73. The fourth-order valence-corrected chi connectivity index (χ4v) is 2.17. The SMILES string of the molecule is COC(=O)CNCCc1c(C)cc(C)c(C)c1OC. The van der Waals surface area contributed by atoms with Gasteiger partial charge in [0.2, 0.25) is 0 Å². The second kappa shape index (κ2) is 7.14. The van der Waals surface area contributed by atoms with Crippen LogP contribution in [0.15, 0.2) is 6.07 Å². The highest BCUT2D eigenvalue weighted by Crippen LogP contribution is 2.29. The zero-order chi connectivity index (χ0) is 14.4. The van der Waals surface area contributed by atoms with Crippen molar-refractivity contribution in [1.29, 1.82) is 0 Å². The highest BCUT2D eigenvalue weighted by Gasteiger charge is 2.12. The zero-order valence-electron chi connectivity index (χ0n) is 12.4. The fourth-order valence-electron chi connectivity index (χ4n) is 2.17. The maximum absolute atomic E-state index is 11.0. The lowest BCUT2D eigenvalue weighted by Gasteiger charge is -2.16. The van der Waals surface area contributed by atoms with E-state index < -0.39 is 0 Å². The largest absolute Gasteiger partial charge is 0.496 e. The van der Waals surface area contributed by atoms with Crippen LogP contribution in [0.4, 0.5) is 0 Å². The molecule has 1 N–H and O–H groups in total. The molecule has 0 heterocycles. The molecule has 0 unspecified atom stereocenters. The highest BCUT2D eigenvalue weighted by atomic mass is 16.5. The van der Waals surface area contributed by atoms with Gasteiger partial charge in [-0.05, 0) is 56.0 Å². The number of esters is 1. The Kier molecular flexibility index (Phi) is 5.83. The van der Waals surface area contributed by atoms with Crippen molar-refractivity contribution in [3.8, 4) is 5.75 Å². The summed E-state index contributed by atoms with van der Waals surface area (Å²) in [5.41, 5.74) is 4.83. The molecular weight excluding hydrogens is 242 g/mol. The number of carbonyl (C=O) groups is 1. The molecule has 0 aromatic heterocycles. The first-order chi connectivity index (χ1) is 9.01. The summed E-state index contributed by atoms with van der Waals surface area (Å²) >= 11 is 0. The number of rotatable bonds is 6. The summed E-state index contributed by atoms with van der Waals surface area (Å²) < 4.78 is 10.1. The number of aryl methyl sites for hydroxylation is 2. The first-order valence-electron chi connectivity index (χ1n) is 6.42. The number of hydrogen-bond acceptors (Lipinski definition) is 4. The van der Waals surface area contributed by atoms with E-state index in [0.717, 1.165) is 18.7 Å². The Hall–Kier alpha value is -1.55. The Bertz CT molecular complexity index is 455. The lowest BCUT2D eigenvalue weighted by molar-refractivity contribution is -0.139. The van der Waals surface area contributed by atoms with Gasteiger partial charge in [-0.1, -0.05) is 6.07 Å². The average molecular weight is 265 g/mol. The van der Waals surface area contributed by atoms with E-state index in [2.05, 4.69) is 36.9 Å². The molecule has 0 saturated heterocycles. The lowest BCUT2D eigenvalue weighted by atomic mass is 9.97. The maximum atomic E-state index is 11.0. The Morgan fingerprint density at radius 1 is 1.21 bits per heavy atom. The van der Waals surface area contributed by atoms with Crippen molar-refractivity contribution in [3.63, 3.8) is 0 Å². The zero-order valence-corrected chi connectivity index (χ0v) is 12.4. The molecule has 0 aliphatic carbocycles. The molecule has 0 fully saturated rings. The number of benzene rings is 1. The number of ether oxygens (including phenoxy) is 2. The molecule has 0 aliphatic heterocycles. The van der Waals surface area contributed by atoms with Crippen LogP contribution in [0.5, 0.6) is 5.75 Å². The van der Waals surface area contributed by atoms with Crippen molar-refractivity contribution < 1.29 is 14.3 Å². The number of methoxy groups -OCH3 is 2. The van der Waals surface area contributed by atoms with Gasteiger partial charge in [0, 0.05) is 0 Å². The normalized spacial score (nSPS) is 10.4. The summed E-state index contributed by atoms with van der Waals surface area (Å²) in [7, 11) is 3.09. The predicted molar refractivity (Wildman–Crippen MR) is 75.8 cm³/mol. The van der Waals surface area contributed by atoms with E-state index in [9.17, 15) is 4.79 Å². The van der Waals surface area contributed by atoms with Crippen LogP contribution in [0.3, 0.4) is 0 Å². The van der Waals surface area contributed by atoms with Gasteiger partial charge in [0.15, 0.2) is 0 Å². The molecule has 0 aliphatic rings. The Morgan fingerprint density at radius 3 is 2.47 bits per heavy atom. The number of hydrogen-bond donors (Lipinski definition) is 1. The van der Waals surface area contributed by atoms with Gasteiger partial charge in [-0.15, -0.1) is 0 Å². The van der Waals surface area contributed by atoms with Crippen LogP contribution in [0.1, 0.15) is 22.3 Å². The van der Waals surface area contributed by atoms with Crippen molar-refractivity contribution in [2.75, 3.05) is 27.3 Å². The third kappa shape index (κ3) is 3.96. The minimum atomic E-state index is -0.247. The molecule has 106 valence electrons. The van der Waals surface area contributed by atoms with Crippen molar-refractivity contribution >= 4 is 5.97 Å². The van der Waals surface area contributed by atoms with E-state index in [0.29, 0.717) is 0 Å². The summed E-state index contributed by atoms with van der Waals surface area (Å²) in [5.74, 6) is 0.709. The summed E-state index contributed by atoms with van der Waals surface area (Å²) in [5, 5.41) is 3.07. The molecule has 1 rings (SSSR count). The third-order valence-electron chi connectivity index (χ3n) is 3.37. The molecule has 0 amide bonds. The van der Waals surface area contributed by atoms with E-state index in [1.807, 2.05) is 0 Å². The van der Waals surface area contributed by atoms with E-state index in [1.165, 1.54) is 29.4 Å². The molecule has 19 heavy (non-hydrogen) atoms. The van der Waals surface area contributed by atoms with Gasteiger partial charge in [-0.25, -0.2) is 0 Å². The molecule has 1 aromatic rings. The van der Waals surface area contributed by atoms with E-state index in [4.69, 9.17) is 4.74 Å². The molecule has 4 heteroatoms. The first kappa shape index (κ1) is 15.5. The van der Waals surface area contributed by atoms with Crippen molar-refractivity contribution in [2.24, 2.45) is 0 Å². The second-order valence-corrected chi connectivity index (χ2v) is 4.65. The van der Waals surface area contributed by atoms with Crippen LogP contribution in [-0.2, 0) is 16.0 Å². The minimum Gasteiger partial charge on any atom is -0.496 e. The molecular formula is C15H23NO3.